The molecular weight excluding hydrogens is 360 g/mol. The Labute approximate surface area is 162 Å². The third kappa shape index (κ3) is 4.47. The molecule has 0 aromatic carbocycles. The van der Waals surface area contributed by atoms with Crippen molar-refractivity contribution >= 4 is 29.0 Å². The second-order valence-electron chi connectivity index (χ2n) is 6.12. The summed E-state index contributed by atoms with van der Waals surface area (Å²) in [6.07, 6.45) is 4.95. The predicted octanol–water partition coefficient (Wildman–Crippen LogP) is 4.22. The molecule has 3 aromatic heterocycles. The van der Waals surface area contributed by atoms with Crippen LogP contribution in [0.5, 0.6) is 0 Å². The van der Waals surface area contributed by atoms with Crippen LogP contribution in [0, 0.1) is 0 Å². The van der Waals surface area contributed by atoms with Crippen LogP contribution in [0.4, 0.5) is 16.4 Å². The average Bonchev–Trinajstić information content (AvgIpc) is 3.16. The first kappa shape index (κ1) is 18.9. The molecule has 4 N–H and O–H groups in total. The number of nitrogens with zero attached hydrogens (tertiary/aromatic N) is 3. The Morgan fingerprint density at radius 3 is 2.48 bits per heavy atom. The average molecular weight is 382 g/mol. The fraction of sp³-hybridized carbons (Fsp3) is 0.263. The monoisotopic (exact) mass is 382 g/mol. The van der Waals surface area contributed by atoms with Gasteiger partial charge in [-0.1, -0.05) is 19.9 Å². The van der Waals surface area contributed by atoms with Crippen molar-refractivity contribution in [3.63, 3.8) is 0 Å². The molecule has 0 saturated heterocycles. The van der Waals surface area contributed by atoms with Gasteiger partial charge >= 0.3 is 6.03 Å². The molecule has 0 saturated carbocycles. The van der Waals surface area contributed by atoms with Gasteiger partial charge in [0.15, 0.2) is 0 Å². The Hall–Kier alpha value is -2.84. The van der Waals surface area contributed by atoms with Crippen molar-refractivity contribution in [1.82, 2.24) is 15.0 Å². The van der Waals surface area contributed by atoms with Crippen molar-refractivity contribution in [3.8, 4) is 10.6 Å². The highest BCUT2D eigenvalue weighted by Gasteiger charge is 2.24. The van der Waals surface area contributed by atoms with E-state index in [-0.39, 0.29) is 0 Å². The Kier molecular flexibility index (Phi) is 5.78. The molecule has 3 aromatic rings. The Balaban J connectivity index is 1.67. The summed E-state index contributed by atoms with van der Waals surface area (Å²) in [6.45, 7) is 4.06. The maximum absolute atomic E-state index is 12.3. The number of hydrogen-bond donors (Lipinski definition) is 3. The van der Waals surface area contributed by atoms with Crippen LogP contribution in [0.2, 0.25) is 0 Å². The summed E-state index contributed by atoms with van der Waals surface area (Å²) in [5.74, 6) is 0.932. The summed E-state index contributed by atoms with van der Waals surface area (Å²) in [7, 11) is 0. The van der Waals surface area contributed by atoms with Crippen LogP contribution < -0.4 is 16.4 Å². The Morgan fingerprint density at radius 1 is 1.07 bits per heavy atom. The van der Waals surface area contributed by atoms with Crippen molar-refractivity contribution in [3.05, 3.63) is 53.8 Å². The first-order chi connectivity index (χ1) is 13.0. The molecule has 0 bridgehead atoms. The molecule has 0 fully saturated rings. The molecule has 0 aliphatic carbocycles. The number of urea groups is 1. The van der Waals surface area contributed by atoms with Crippen molar-refractivity contribution in [1.29, 1.82) is 0 Å². The van der Waals surface area contributed by atoms with E-state index in [0.29, 0.717) is 11.6 Å². The van der Waals surface area contributed by atoms with Crippen LogP contribution in [0.1, 0.15) is 32.4 Å². The van der Waals surface area contributed by atoms with Crippen LogP contribution in [0.3, 0.4) is 0 Å². The quantitative estimate of drug-likeness (QED) is 0.592. The fourth-order valence-corrected chi connectivity index (χ4v) is 3.37. The SMILES string of the molecule is CCC(N)(CC)c1cccc(NC(=O)Nc2csc(-c3ccncc3)n2)n1. The summed E-state index contributed by atoms with van der Waals surface area (Å²) < 4.78 is 0. The smallest absolute Gasteiger partial charge is 0.320 e. The predicted molar refractivity (Wildman–Crippen MR) is 109 cm³/mol. The summed E-state index contributed by atoms with van der Waals surface area (Å²) in [6, 6.07) is 8.81. The number of pyridine rings is 2. The lowest BCUT2D eigenvalue weighted by molar-refractivity contribution is 0.262. The molecule has 0 atom stereocenters. The number of rotatable bonds is 6. The maximum atomic E-state index is 12.3. The molecule has 0 aliphatic rings. The van der Waals surface area contributed by atoms with Gasteiger partial charge in [-0.15, -0.1) is 11.3 Å². The number of carbonyl (C=O) groups excluding carboxylic acids is 1. The van der Waals surface area contributed by atoms with E-state index in [0.717, 1.165) is 29.1 Å². The molecule has 8 heteroatoms. The number of amides is 2. The lowest BCUT2D eigenvalue weighted by Gasteiger charge is -2.26. The lowest BCUT2D eigenvalue weighted by Crippen LogP contribution is -2.36. The van der Waals surface area contributed by atoms with Crippen LogP contribution >= 0.6 is 11.3 Å². The standard InChI is InChI=1S/C19H22N6OS/c1-3-19(20,4-2)14-6-5-7-15(22-14)24-18(26)25-16-12-27-17(23-16)13-8-10-21-11-9-13/h5-12H,3-4,20H2,1-2H3,(H2,22,24,25,26). The van der Waals surface area contributed by atoms with Crippen LogP contribution in [-0.4, -0.2) is 21.0 Å². The van der Waals surface area contributed by atoms with Crippen molar-refractivity contribution in [2.75, 3.05) is 10.6 Å². The molecule has 140 valence electrons. The first-order valence-corrected chi connectivity index (χ1v) is 9.62. The van der Waals surface area contributed by atoms with Gasteiger partial charge in [-0.3, -0.25) is 15.6 Å². The summed E-state index contributed by atoms with van der Waals surface area (Å²) in [5.41, 5.74) is 7.62. The highest BCUT2D eigenvalue weighted by Crippen LogP contribution is 2.26. The third-order valence-corrected chi connectivity index (χ3v) is 5.33. The number of aromatic nitrogens is 3. The number of hydrogen-bond acceptors (Lipinski definition) is 6. The number of nitrogens with one attached hydrogen (secondary N) is 2. The van der Waals surface area contributed by atoms with E-state index in [4.69, 9.17) is 5.73 Å². The Morgan fingerprint density at radius 2 is 1.78 bits per heavy atom. The number of anilines is 2. The normalized spacial score (nSPS) is 11.2. The fourth-order valence-electron chi connectivity index (χ4n) is 2.62. The van der Waals surface area contributed by atoms with E-state index in [2.05, 4.69) is 25.6 Å². The molecule has 0 spiro atoms. The molecule has 3 rings (SSSR count). The minimum Gasteiger partial charge on any atom is -0.320 e. The lowest BCUT2D eigenvalue weighted by atomic mass is 9.90. The molecule has 27 heavy (non-hydrogen) atoms. The van der Waals surface area contributed by atoms with Crippen LogP contribution in [0.15, 0.2) is 48.1 Å². The molecule has 7 nitrogen and oxygen atoms in total. The van der Waals surface area contributed by atoms with Gasteiger partial charge < -0.3 is 5.73 Å². The summed E-state index contributed by atoms with van der Waals surface area (Å²) >= 11 is 1.45. The highest BCUT2D eigenvalue weighted by molar-refractivity contribution is 7.13. The molecule has 0 unspecified atom stereocenters. The van der Waals surface area contributed by atoms with Crippen molar-refractivity contribution in [2.24, 2.45) is 5.73 Å². The number of nitrogens with two attached hydrogens (primary N) is 1. The zero-order chi connectivity index (χ0) is 19.3. The zero-order valence-corrected chi connectivity index (χ0v) is 16.1. The van der Waals surface area contributed by atoms with Gasteiger partial charge in [0.25, 0.3) is 0 Å². The second-order valence-corrected chi connectivity index (χ2v) is 6.98. The molecular formula is C19H22N6OS. The van der Waals surface area contributed by atoms with Crippen molar-refractivity contribution < 1.29 is 4.79 Å². The molecule has 0 aliphatic heterocycles. The van der Waals surface area contributed by atoms with Gasteiger partial charge in [0.1, 0.15) is 16.6 Å². The van der Waals surface area contributed by atoms with E-state index in [9.17, 15) is 4.79 Å². The maximum Gasteiger partial charge on any atom is 0.326 e. The minimum atomic E-state index is -0.497. The Bertz CT molecular complexity index is 907. The molecule has 0 radical (unpaired) electrons. The first-order valence-electron chi connectivity index (χ1n) is 8.74. The van der Waals surface area contributed by atoms with E-state index in [1.165, 1.54) is 11.3 Å². The third-order valence-electron chi connectivity index (χ3n) is 4.44. The van der Waals surface area contributed by atoms with E-state index in [1.807, 2.05) is 38.1 Å². The molecule has 2 amide bonds. The second kappa shape index (κ2) is 8.24. The number of thiazole rings is 1. The van der Waals surface area contributed by atoms with Gasteiger partial charge in [0.05, 0.1) is 11.2 Å². The topological polar surface area (TPSA) is 106 Å². The minimum absolute atomic E-state index is 0.401. The van der Waals surface area contributed by atoms with E-state index < -0.39 is 11.6 Å². The highest BCUT2D eigenvalue weighted by atomic mass is 32.1. The van der Waals surface area contributed by atoms with Crippen LogP contribution in [0.25, 0.3) is 10.6 Å². The van der Waals surface area contributed by atoms with Crippen molar-refractivity contribution in [2.45, 2.75) is 32.2 Å². The van der Waals surface area contributed by atoms with Gasteiger partial charge in [-0.05, 0) is 37.1 Å². The number of carbonyl (C=O) groups is 1. The van der Waals surface area contributed by atoms with Gasteiger partial charge in [-0.25, -0.2) is 14.8 Å². The van der Waals surface area contributed by atoms with E-state index >= 15 is 0 Å². The van der Waals surface area contributed by atoms with Gasteiger partial charge in [0.2, 0.25) is 0 Å². The summed E-state index contributed by atoms with van der Waals surface area (Å²) in [5, 5.41) is 8.07. The van der Waals surface area contributed by atoms with Gasteiger partial charge in [-0.2, -0.15) is 0 Å². The largest absolute Gasteiger partial charge is 0.326 e. The molecule has 3 heterocycles. The summed E-state index contributed by atoms with van der Waals surface area (Å²) in [4.78, 5) is 25.2. The van der Waals surface area contributed by atoms with Crippen LogP contribution in [-0.2, 0) is 5.54 Å². The zero-order valence-electron chi connectivity index (χ0n) is 15.3. The van der Waals surface area contributed by atoms with Gasteiger partial charge in [0, 0.05) is 23.3 Å². The van der Waals surface area contributed by atoms with E-state index in [1.54, 1.807) is 23.8 Å².